The van der Waals surface area contributed by atoms with Crippen LogP contribution in [0.2, 0.25) is 0 Å². The van der Waals surface area contributed by atoms with E-state index >= 15 is 0 Å². The zero-order valence-electron chi connectivity index (χ0n) is 31.3. The fourth-order valence-corrected chi connectivity index (χ4v) is 10.3. The van der Waals surface area contributed by atoms with Crippen LogP contribution in [0.1, 0.15) is 40.2 Å². The van der Waals surface area contributed by atoms with Gasteiger partial charge in [-0.1, -0.05) is 164 Å². The maximum atomic E-state index is 6.80. The van der Waals surface area contributed by atoms with E-state index in [0.29, 0.717) is 0 Å². The average molecular weight is 728 g/mol. The zero-order valence-corrected chi connectivity index (χ0v) is 31.3. The Morgan fingerprint density at radius 3 is 1.67 bits per heavy atom. The number of anilines is 3. The minimum Gasteiger partial charge on any atom is -0.456 e. The molecule has 0 amide bonds. The van der Waals surface area contributed by atoms with Crippen molar-refractivity contribution in [3.8, 4) is 22.3 Å². The standard InChI is InChI=1S/C55H37NO/c1-3-13-40(14-4-1)56(41-15-5-2-6-16-41)42-30-27-37(28-31-42)36-23-25-38(26-24-36)39-29-32-47-51(35-39)55(48-20-10-7-17-43(48)44-18-8-11-21-49(44)55)50-34-33-46-45-19-9-12-22-52(45)57-54(46)53(47)50/h1-31,33-35,47H,32H2. The number of benzene rings is 8. The largest absolute Gasteiger partial charge is 0.456 e. The summed E-state index contributed by atoms with van der Waals surface area (Å²) in [5.41, 5.74) is 19.4. The predicted octanol–water partition coefficient (Wildman–Crippen LogP) is 14.5. The van der Waals surface area contributed by atoms with Crippen molar-refractivity contribution in [1.29, 1.82) is 0 Å². The fourth-order valence-electron chi connectivity index (χ4n) is 10.3. The van der Waals surface area contributed by atoms with E-state index in [0.717, 1.165) is 34.6 Å². The van der Waals surface area contributed by atoms with Crippen LogP contribution in [0.25, 0.3) is 49.8 Å². The van der Waals surface area contributed by atoms with E-state index in [-0.39, 0.29) is 5.92 Å². The van der Waals surface area contributed by atoms with Gasteiger partial charge in [-0.2, -0.15) is 0 Å². The molecule has 0 saturated carbocycles. The molecular formula is C55H37NO. The van der Waals surface area contributed by atoms with Crippen LogP contribution in [0.5, 0.6) is 0 Å². The number of fused-ring (bicyclic) bond motifs is 14. The lowest BCUT2D eigenvalue weighted by Crippen LogP contribution is -2.27. The van der Waals surface area contributed by atoms with Crippen molar-refractivity contribution in [2.24, 2.45) is 0 Å². The first kappa shape index (κ1) is 32.1. The first-order valence-electron chi connectivity index (χ1n) is 19.9. The lowest BCUT2D eigenvalue weighted by molar-refractivity contribution is 0.656. The molecule has 8 aromatic carbocycles. The first-order chi connectivity index (χ1) is 28.3. The Bertz CT molecular complexity index is 2990. The highest BCUT2D eigenvalue weighted by atomic mass is 16.3. The van der Waals surface area contributed by atoms with Crippen LogP contribution in [0.15, 0.2) is 216 Å². The Labute approximate surface area is 332 Å². The molecule has 2 nitrogen and oxygen atoms in total. The summed E-state index contributed by atoms with van der Waals surface area (Å²) in [5, 5.41) is 2.38. The van der Waals surface area contributed by atoms with Gasteiger partial charge < -0.3 is 9.32 Å². The molecule has 2 heteroatoms. The second-order valence-electron chi connectivity index (χ2n) is 15.5. The molecule has 0 N–H and O–H groups in total. The highest BCUT2D eigenvalue weighted by Gasteiger charge is 2.56. The summed E-state index contributed by atoms with van der Waals surface area (Å²) in [6.07, 6.45) is 5.89. The van der Waals surface area contributed by atoms with E-state index < -0.39 is 5.41 Å². The van der Waals surface area contributed by atoms with Crippen LogP contribution in [-0.4, -0.2) is 0 Å². The summed E-state index contributed by atoms with van der Waals surface area (Å²) in [6.45, 7) is 0. The molecule has 1 atom stereocenters. The van der Waals surface area contributed by atoms with Gasteiger partial charge in [0.25, 0.3) is 0 Å². The Balaban J connectivity index is 0.948. The van der Waals surface area contributed by atoms with E-state index in [1.807, 2.05) is 0 Å². The van der Waals surface area contributed by atoms with Gasteiger partial charge >= 0.3 is 0 Å². The molecule has 1 spiro atoms. The van der Waals surface area contributed by atoms with E-state index in [1.54, 1.807) is 0 Å². The molecule has 9 aromatic rings. The van der Waals surface area contributed by atoms with Crippen LogP contribution in [0.3, 0.4) is 0 Å². The maximum Gasteiger partial charge on any atom is 0.139 e. The first-order valence-corrected chi connectivity index (χ1v) is 19.9. The van der Waals surface area contributed by atoms with Crippen LogP contribution in [0, 0.1) is 0 Å². The minimum atomic E-state index is -0.394. The fraction of sp³-hybridized carbons (Fsp3) is 0.0545. The average Bonchev–Trinajstić information content (AvgIpc) is 3.91. The Hall–Kier alpha value is -7.16. The molecule has 57 heavy (non-hydrogen) atoms. The lowest BCUT2D eigenvalue weighted by Gasteiger charge is -2.33. The molecule has 1 unspecified atom stereocenters. The number of nitrogens with zero attached hydrogens (tertiary/aromatic N) is 1. The van der Waals surface area contributed by atoms with Gasteiger partial charge in [0.1, 0.15) is 11.2 Å². The number of hydrogen-bond acceptors (Lipinski definition) is 2. The Morgan fingerprint density at radius 1 is 0.456 bits per heavy atom. The topological polar surface area (TPSA) is 16.4 Å². The predicted molar refractivity (Wildman–Crippen MR) is 235 cm³/mol. The van der Waals surface area contributed by atoms with Crippen molar-refractivity contribution in [3.05, 3.63) is 240 Å². The van der Waals surface area contributed by atoms with Crippen LogP contribution in [-0.2, 0) is 5.41 Å². The molecule has 0 aliphatic heterocycles. The summed E-state index contributed by atoms with van der Waals surface area (Å²) in [4.78, 5) is 2.30. The van der Waals surface area contributed by atoms with Gasteiger partial charge in [0.15, 0.2) is 0 Å². The van der Waals surface area contributed by atoms with Crippen molar-refractivity contribution in [1.82, 2.24) is 0 Å². The van der Waals surface area contributed by atoms with Gasteiger partial charge in [-0.25, -0.2) is 0 Å². The monoisotopic (exact) mass is 727 g/mol. The van der Waals surface area contributed by atoms with Gasteiger partial charge in [0.05, 0.1) is 5.41 Å². The third kappa shape index (κ3) is 4.65. The van der Waals surface area contributed by atoms with Crippen molar-refractivity contribution >= 4 is 44.6 Å². The molecule has 268 valence electrons. The summed E-state index contributed by atoms with van der Waals surface area (Å²) < 4.78 is 6.80. The van der Waals surface area contributed by atoms with E-state index in [2.05, 4.69) is 211 Å². The molecule has 12 rings (SSSR count). The minimum absolute atomic E-state index is 0.205. The highest BCUT2D eigenvalue weighted by molar-refractivity contribution is 6.08. The molecule has 0 saturated heterocycles. The molecule has 0 bridgehead atoms. The second-order valence-corrected chi connectivity index (χ2v) is 15.5. The number of hydrogen-bond donors (Lipinski definition) is 0. The molecule has 3 aliphatic rings. The number of allylic oxidation sites excluding steroid dienone is 4. The van der Waals surface area contributed by atoms with Crippen molar-refractivity contribution in [3.63, 3.8) is 0 Å². The summed E-state index contributed by atoms with van der Waals surface area (Å²) >= 11 is 0. The van der Waals surface area contributed by atoms with Crippen molar-refractivity contribution < 1.29 is 4.42 Å². The molecule has 3 aliphatic carbocycles. The van der Waals surface area contributed by atoms with Crippen molar-refractivity contribution in [2.45, 2.75) is 17.8 Å². The lowest BCUT2D eigenvalue weighted by atomic mass is 9.68. The quantitative estimate of drug-likeness (QED) is 0.175. The summed E-state index contributed by atoms with van der Waals surface area (Å²) in [7, 11) is 0. The number of furan rings is 1. The maximum absolute atomic E-state index is 6.80. The van der Waals surface area contributed by atoms with E-state index in [4.69, 9.17) is 4.42 Å². The van der Waals surface area contributed by atoms with E-state index in [1.165, 1.54) is 72.0 Å². The molecule has 1 heterocycles. The third-order valence-corrected chi connectivity index (χ3v) is 12.7. The Morgan fingerprint density at radius 2 is 1.00 bits per heavy atom. The highest BCUT2D eigenvalue weighted by Crippen LogP contribution is 2.66. The number of para-hydroxylation sites is 3. The van der Waals surface area contributed by atoms with Gasteiger partial charge in [-0.05, 0) is 105 Å². The number of rotatable bonds is 5. The molecule has 0 fully saturated rings. The summed E-state index contributed by atoms with van der Waals surface area (Å²) in [5.74, 6) is 0.205. The van der Waals surface area contributed by atoms with Gasteiger partial charge in [0.2, 0.25) is 0 Å². The molecule has 0 radical (unpaired) electrons. The smallest absolute Gasteiger partial charge is 0.139 e. The Kier molecular flexibility index (Phi) is 7.00. The zero-order chi connectivity index (χ0) is 37.5. The van der Waals surface area contributed by atoms with Gasteiger partial charge in [-0.3, -0.25) is 0 Å². The molecule has 1 aromatic heterocycles. The SMILES string of the molecule is C1=C(c2ccc(-c3ccc(N(c4ccccc4)c4ccccc4)cc3)cc2)C=C2C(C1)c1c(ccc3c1oc1ccccc13)C21c2ccccc2-c2ccccc21. The van der Waals surface area contributed by atoms with Crippen LogP contribution >= 0.6 is 0 Å². The summed E-state index contributed by atoms with van der Waals surface area (Å²) in [6, 6.07) is 70.6. The van der Waals surface area contributed by atoms with E-state index in [9.17, 15) is 0 Å². The third-order valence-electron chi connectivity index (χ3n) is 12.7. The normalized spacial score (nSPS) is 15.8. The van der Waals surface area contributed by atoms with Gasteiger partial charge in [-0.15, -0.1) is 0 Å². The molecular weight excluding hydrogens is 691 g/mol. The second kappa shape index (κ2) is 12.4. The van der Waals surface area contributed by atoms with Gasteiger partial charge in [0, 0.05) is 39.3 Å². The van der Waals surface area contributed by atoms with Crippen LogP contribution < -0.4 is 4.90 Å². The van der Waals surface area contributed by atoms with Crippen LogP contribution in [0.4, 0.5) is 17.1 Å². The van der Waals surface area contributed by atoms with Crippen molar-refractivity contribution in [2.75, 3.05) is 4.90 Å².